The van der Waals surface area contributed by atoms with Crippen LogP contribution in [0.5, 0.6) is 0 Å². The first-order valence-electron chi connectivity index (χ1n) is 7.23. The van der Waals surface area contributed by atoms with Gasteiger partial charge in [0.2, 0.25) is 0 Å². The zero-order chi connectivity index (χ0) is 18.3. The summed E-state index contributed by atoms with van der Waals surface area (Å²) >= 11 is 10.3. The predicted octanol–water partition coefficient (Wildman–Crippen LogP) is 1.40. The van der Waals surface area contributed by atoms with Gasteiger partial charge in [-0.15, -0.1) is 0 Å². The van der Waals surface area contributed by atoms with Crippen LogP contribution in [0.1, 0.15) is 25.2 Å². The zero-order valence-electron chi connectivity index (χ0n) is 14.8. The normalized spacial score (nSPS) is 11.8. The summed E-state index contributed by atoms with van der Waals surface area (Å²) in [5, 5.41) is 9.57. The predicted molar refractivity (Wildman–Crippen MR) is 108 cm³/mol. The van der Waals surface area contributed by atoms with Crippen molar-refractivity contribution in [3.8, 4) is 0 Å². The van der Waals surface area contributed by atoms with E-state index in [2.05, 4.69) is 26.0 Å². The SMILES string of the molecule is CC(=NNC(=S)N(C)C)c1cccc(C(C)=NNC(=S)N(C)C)n1. The van der Waals surface area contributed by atoms with Gasteiger partial charge in [-0.1, -0.05) is 6.07 Å². The lowest BCUT2D eigenvalue weighted by atomic mass is 10.2. The Balaban J connectivity index is 2.89. The number of rotatable bonds is 4. The van der Waals surface area contributed by atoms with E-state index in [4.69, 9.17) is 24.4 Å². The molecule has 1 rings (SSSR count). The Morgan fingerprint density at radius 3 is 1.58 bits per heavy atom. The van der Waals surface area contributed by atoms with E-state index in [0.29, 0.717) is 10.2 Å². The number of nitrogens with zero attached hydrogens (tertiary/aromatic N) is 5. The monoisotopic (exact) mass is 365 g/mol. The first-order chi connectivity index (χ1) is 11.2. The van der Waals surface area contributed by atoms with Crippen LogP contribution in [-0.2, 0) is 0 Å². The Morgan fingerprint density at radius 1 is 0.875 bits per heavy atom. The van der Waals surface area contributed by atoms with Crippen molar-refractivity contribution in [3.63, 3.8) is 0 Å². The molecule has 1 heterocycles. The van der Waals surface area contributed by atoms with Crippen molar-refractivity contribution < 1.29 is 0 Å². The fourth-order valence-electron chi connectivity index (χ4n) is 1.42. The smallest absolute Gasteiger partial charge is 0.189 e. The first kappa shape index (κ1) is 19.9. The van der Waals surface area contributed by atoms with E-state index >= 15 is 0 Å². The summed E-state index contributed by atoms with van der Waals surface area (Å²) < 4.78 is 0. The molecule has 0 saturated carbocycles. The molecule has 2 N–H and O–H groups in total. The van der Waals surface area contributed by atoms with Crippen LogP contribution in [0.25, 0.3) is 0 Å². The van der Waals surface area contributed by atoms with Crippen LogP contribution in [0.2, 0.25) is 0 Å². The van der Waals surface area contributed by atoms with Crippen LogP contribution >= 0.6 is 24.4 Å². The third kappa shape index (κ3) is 6.17. The summed E-state index contributed by atoms with van der Waals surface area (Å²) in [6.45, 7) is 3.73. The van der Waals surface area contributed by atoms with Crippen LogP contribution in [0, 0.1) is 0 Å². The maximum Gasteiger partial charge on any atom is 0.189 e. The van der Waals surface area contributed by atoms with Gasteiger partial charge in [0, 0.05) is 28.2 Å². The van der Waals surface area contributed by atoms with Crippen molar-refractivity contribution in [2.75, 3.05) is 28.2 Å². The van der Waals surface area contributed by atoms with E-state index in [0.717, 1.165) is 22.8 Å². The summed E-state index contributed by atoms with van der Waals surface area (Å²) in [7, 11) is 7.40. The number of hydrogen-bond acceptors (Lipinski definition) is 5. The number of hydrogen-bond donors (Lipinski definition) is 2. The van der Waals surface area contributed by atoms with Crippen LogP contribution in [0.4, 0.5) is 0 Å². The fourth-order valence-corrected chi connectivity index (χ4v) is 1.51. The Morgan fingerprint density at radius 2 is 1.25 bits per heavy atom. The summed E-state index contributed by atoms with van der Waals surface area (Å²) in [5.74, 6) is 0. The topological polar surface area (TPSA) is 68.2 Å². The molecule has 7 nitrogen and oxygen atoms in total. The molecule has 24 heavy (non-hydrogen) atoms. The molecule has 0 radical (unpaired) electrons. The molecule has 1 aromatic rings. The van der Waals surface area contributed by atoms with Crippen molar-refractivity contribution in [2.24, 2.45) is 10.2 Å². The van der Waals surface area contributed by atoms with Crippen molar-refractivity contribution in [3.05, 3.63) is 29.6 Å². The summed E-state index contributed by atoms with van der Waals surface area (Å²) in [6, 6.07) is 5.67. The number of aromatic nitrogens is 1. The summed E-state index contributed by atoms with van der Waals surface area (Å²) in [4.78, 5) is 8.10. The van der Waals surface area contributed by atoms with Gasteiger partial charge in [0.25, 0.3) is 0 Å². The van der Waals surface area contributed by atoms with Gasteiger partial charge in [-0.3, -0.25) is 10.9 Å². The molecule has 0 aliphatic carbocycles. The third-order valence-corrected chi connectivity index (χ3v) is 3.85. The molecule has 0 fully saturated rings. The fraction of sp³-hybridized carbons (Fsp3) is 0.400. The minimum absolute atomic E-state index is 0.532. The van der Waals surface area contributed by atoms with Gasteiger partial charge in [-0.2, -0.15) is 10.2 Å². The van der Waals surface area contributed by atoms with Gasteiger partial charge < -0.3 is 9.80 Å². The molecule has 0 bridgehead atoms. The molecular weight excluding hydrogens is 342 g/mol. The number of pyridine rings is 1. The summed E-state index contributed by atoms with van der Waals surface area (Å²) in [6.07, 6.45) is 0. The van der Waals surface area contributed by atoms with Crippen molar-refractivity contribution in [1.82, 2.24) is 25.6 Å². The van der Waals surface area contributed by atoms with E-state index in [-0.39, 0.29) is 0 Å². The standard InChI is InChI=1S/C15H23N7S2/c1-10(17-19-14(23)21(3)4)12-8-7-9-13(16-12)11(2)18-20-15(24)22(5)6/h7-9H,1-6H3,(H,19,23)(H,20,24). The molecule has 0 atom stereocenters. The molecule has 0 amide bonds. The number of thiocarbonyl (C=S) groups is 2. The Hall–Kier alpha value is -2.13. The Kier molecular flexibility index (Phi) is 7.66. The maximum absolute atomic E-state index is 5.14. The molecule has 130 valence electrons. The number of hydrazone groups is 2. The highest BCUT2D eigenvalue weighted by Crippen LogP contribution is 2.03. The van der Waals surface area contributed by atoms with Crippen molar-refractivity contribution in [2.45, 2.75) is 13.8 Å². The Labute approximate surface area is 153 Å². The highest BCUT2D eigenvalue weighted by molar-refractivity contribution is 7.80. The van der Waals surface area contributed by atoms with Crippen LogP contribution in [0.3, 0.4) is 0 Å². The van der Waals surface area contributed by atoms with Gasteiger partial charge >= 0.3 is 0 Å². The van der Waals surface area contributed by atoms with E-state index in [1.807, 2.05) is 60.2 Å². The second-order valence-corrected chi connectivity index (χ2v) is 6.20. The van der Waals surface area contributed by atoms with Crippen molar-refractivity contribution >= 4 is 46.1 Å². The molecule has 1 aromatic heterocycles. The molecule has 9 heteroatoms. The maximum atomic E-state index is 5.14. The molecular formula is C15H23N7S2. The largest absolute Gasteiger partial charge is 0.354 e. The average molecular weight is 366 g/mol. The number of nitrogens with one attached hydrogen (secondary N) is 2. The average Bonchev–Trinajstić information content (AvgIpc) is 2.56. The summed E-state index contributed by atoms with van der Waals surface area (Å²) in [5.41, 5.74) is 8.58. The zero-order valence-corrected chi connectivity index (χ0v) is 16.4. The van der Waals surface area contributed by atoms with Gasteiger partial charge in [0.05, 0.1) is 22.8 Å². The van der Waals surface area contributed by atoms with Crippen molar-refractivity contribution in [1.29, 1.82) is 0 Å². The highest BCUT2D eigenvalue weighted by atomic mass is 32.1. The molecule has 0 aliphatic rings. The van der Waals surface area contributed by atoms with E-state index < -0.39 is 0 Å². The van der Waals surface area contributed by atoms with E-state index in [1.165, 1.54) is 0 Å². The lowest BCUT2D eigenvalue weighted by molar-refractivity contribution is 0.606. The minimum Gasteiger partial charge on any atom is -0.354 e. The Bertz CT molecular complexity index is 612. The van der Waals surface area contributed by atoms with Crippen LogP contribution < -0.4 is 10.9 Å². The molecule has 0 unspecified atom stereocenters. The quantitative estimate of drug-likeness (QED) is 0.475. The van der Waals surface area contributed by atoms with Gasteiger partial charge in [0.1, 0.15) is 0 Å². The molecule has 0 saturated heterocycles. The minimum atomic E-state index is 0.532. The van der Waals surface area contributed by atoms with E-state index in [1.54, 1.807) is 9.80 Å². The van der Waals surface area contributed by atoms with E-state index in [9.17, 15) is 0 Å². The molecule has 0 aliphatic heterocycles. The molecule has 0 aromatic carbocycles. The molecule has 0 spiro atoms. The second-order valence-electron chi connectivity index (χ2n) is 5.43. The third-order valence-electron chi connectivity index (χ3n) is 2.94. The van der Waals surface area contributed by atoms with Gasteiger partial charge in [-0.05, 0) is 50.4 Å². The van der Waals surface area contributed by atoms with Crippen LogP contribution in [-0.4, -0.2) is 64.6 Å². The highest BCUT2D eigenvalue weighted by Gasteiger charge is 2.05. The van der Waals surface area contributed by atoms with Crippen LogP contribution in [0.15, 0.2) is 28.4 Å². The second kappa shape index (κ2) is 9.24. The van der Waals surface area contributed by atoms with Gasteiger partial charge in [-0.25, -0.2) is 4.98 Å². The van der Waals surface area contributed by atoms with Gasteiger partial charge in [0.15, 0.2) is 10.2 Å². The lowest BCUT2D eigenvalue weighted by Gasteiger charge is -2.13. The first-order valence-corrected chi connectivity index (χ1v) is 8.05. The lowest BCUT2D eigenvalue weighted by Crippen LogP contribution is -2.31.